The van der Waals surface area contributed by atoms with Crippen LogP contribution in [0.15, 0.2) is 0 Å². The van der Waals surface area contributed by atoms with Crippen molar-refractivity contribution in [3.63, 3.8) is 0 Å². The first-order valence-corrected chi connectivity index (χ1v) is 6.02. The molecule has 0 bridgehead atoms. The van der Waals surface area contributed by atoms with Crippen molar-refractivity contribution in [2.24, 2.45) is 11.8 Å². The molecule has 4 unspecified atom stereocenters. The van der Waals surface area contributed by atoms with Crippen LogP contribution < -0.4 is 5.32 Å². The molecule has 1 aliphatic rings. The van der Waals surface area contributed by atoms with Crippen molar-refractivity contribution in [3.05, 3.63) is 0 Å². The topological polar surface area (TPSA) is 49.3 Å². The molecule has 1 saturated carbocycles. The first kappa shape index (κ1) is 12.5. The molecule has 3 heteroatoms. The highest BCUT2D eigenvalue weighted by atomic mass is 16.4. The van der Waals surface area contributed by atoms with Crippen molar-refractivity contribution in [1.82, 2.24) is 5.32 Å². The average molecular weight is 213 g/mol. The lowest BCUT2D eigenvalue weighted by Crippen LogP contribution is -2.40. The largest absolute Gasteiger partial charge is 0.481 e. The van der Waals surface area contributed by atoms with Gasteiger partial charge in [0.2, 0.25) is 0 Å². The predicted molar refractivity (Wildman–Crippen MR) is 60.8 cm³/mol. The Morgan fingerprint density at radius 2 is 2.20 bits per heavy atom. The van der Waals surface area contributed by atoms with Crippen LogP contribution >= 0.6 is 0 Å². The molecule has 0 heterocycles. The molecule has 4 atom stereocenters. The van der Waals surface area contributed by atoms with E-state index in [2.05, 4.69) is 19.2 Å². The van der Waals surface area contributed by atoms with E-state index in [0.717, 1.165) is 5.92 Å². The van der Waals surface area contributed by atoms with Gasteiger partial charge >= 0.3 is 5.97 Å². The van der Waals surface area contributed by atoms with Crippen molar-refractivity contribution in [2.45, 2.75) is 58.5 Å². The fourth-order valence-corrected chi connectivity index (χ4v) is 2.75. The molecule has 2 N–H and O–H groups in total. The summed E-state index contributed by atoms with van der Waals surface area (Å²) in [5, 5.41) is 12.1. The van der Waals surface area contributed by atoms with Gasteiger partial charge in [0, 0.05) is 12.1 Å². The Morgan fingerprint density at radius 1 is 1.53 bits per heavy atom. The van der Waals surface area contributed by atoms with Crippen molar-refractivity contribution in [2.75, 3.05) is 0 Å². The van der Waals surface area contributed by atoms with Crippen LogP contribution in [0.1, 0.15) is 46.5 Å². The van der Waals surface area contributed by atoms with E-state index in [-0.39, 0.29) is 12.5 Å². The normalized spacial score (nSPS) is 32.9. The number of carbonyl (C=O) groups is 1. The minimum Gasteiger partial charge on any atom is -0.481 e. The second-order valence-corrected chi connectivity index (χ2v) is 4.88. The highest BCUT2D eigenvalue weighted by molar-refractivity contribution is 5.67. The number of rotatable bonds is 5. The Hall–Kier alpha value is -0.570. The lowest BCUT2D eigenvalue weighted by molar-refractivity contribution is -0.137. The van der Waals surface area contributed by atoms with Crippen LogP contribution in [0.4, 0.5) is 0 Å². The van der Waals surface area contributed by atoms with E-state index >= 15 is 0 Å². The molecule has 0 radical (unpaired) electrons. The van der Waals surface area contributed by atoms with Gasteiger partial charge in [0.15, 0.2) is 0 Å². The molecule has 0 saturated heterocycles. The summed E-state index contributed by atoms with van der Waals surface area (Å²) in [5.74, 6) is 0.790. The zero-order chi connectivity index (χ0) is 11.4. The molecular formula is C12H23NO2. The molecule has 0 spiro atoms. The summed E-state index contributed by atoms with van der Waals surface area (Å²) in [6.07, 6.45) is 3.95. The van der Waals surface area contributed by atoms with E-state index in [9.17, 15) is 4.79 Å². The van der Waals surface area contributed by atoms with Crippen LogP contribution in [-0.4, -0.2) is 23.2 Å². The van der Waals surface area contributed by atoms with Gasteiger partial charge in [-0.2, -0.15) is 0 Å². The number of carboxylic acid groups (broad SMARTS) is 1. The SMILES string of the molecule is CCC1CCC(NC(C)CC(=O)O)C1C. The van der Waals surface area contributed by atoms with Gasteiger partial charge in [-0.3, -0.25) is 4.79 Å². The molecule has 0 aromatic heterocycles. The van der Waals surface area contributed by atoms with Crippen LogP contribution in [0.3, 0.4) is 0 Å². The van der Waals surface area contributed by atoms with E-state index in [4.69, 9.17) is 5.11 Å². The summed E-state index contributed by atoms with van der Waals surface area (Å²) < 4.78 is 0. The number of hydrogen-bond acceptors (Lipinski definition) is 2. The molecule has 1 rings (SSSR count). The van der Waals surface area contributed by atoms with Gasteiger partial charge in [0.25, 0.3) is 0 Å². The van der Waals surface area contributed by atoms with Gasteiger partial charge in [-0.15, -0.1) is 0 Å². The first-order chi connectivity index (χ1) is 7.04. The predicted octanol–water partition coefficient (Wildman–Crippen LogP) is 2.26. The summed E-state index contributed by atoms with van der Waals surface area (Å²) in [7, 11) is 0. The summed E-state index contributed by atoms with van der Waals surface area (Å²) >= 11 is 0. The van der Waals surface area contributed by atoms with Crippen LogP contribution in [0.5, 0.6) is 0 Å². The fourth-order valence-electron chi connectivity index (χ4n) is 2.75. The van der Waals surface area contributed by atoms with Gasteiger partial charge in [0.1, 0.15) is 0 Å². The lowest BCUT2D eigenvalue weighted by Gasteiger charge is -2.24. The zero-order valence-corrected chi connectivity index (χ0v) is 9.99. The smallest absolute Gasteiger partial charge is 0.304 e. The third-order valence-corrected chi connectivity index (χ3v) is 3.73. The molecule has 0 amide bonds. The summed E-state index contributed by atoms with van der Waals surface area (Å²) in [5.41, 5.74) is 0. The van der Waals surface area contributed by atoms with Crippen molar-refractivity contribution >= 4 is 5.97 Å². The second-order valence-electron chi connectivity index (χ2n) is 4.88. The molecule has 0 aromatic rings. The van der Waals surface area contributed by atoms with Crippen LogP contribution in [0.2, 0.25) is 0 Å². The van der Waals surface area contributed by atoms with E-state index in [0.29, 0.717) is 12.0 Å². The lowest BCUT2D eigenvalue weighted by atomic mass is 9.93. The maximum Gasteiger partial charge on any atom is 0.304 e. The van der Waals surface area contributed by atoms with Crippen molar-refractivity contribution < 1.29 is 9.90 Å². The number of hydrogen-bond donors (Lipinski definition) is 2. The fraction of sp³-hybridized carbons (Fsp3) is 0.917. The molecular weight excluding hydrogens is 190 g/mol. The molecule has 1 aliphatic carbocycles. The highest BCUT2D eigenvalue weighted by Crippen LogP contribution is 2.34. The third-order valence-electron chi connectivity index (χ3n) is 3.73. The minimum atomic E-state index is -0.715. The summed E-state index contributed by atoms with van der Waals surface area (Å²) in [6.45, 7) is 6.48. The number of aliphatic carboxylic acids is 1. The van der Waals surface area contributed by atoms with E-state index in [1.807, 2.05) is 6.92 Å². The highest BCUT2D eigenvalue weighted by Gasteiger charge is 2.32. The average Bonchev–Trinajstić information content (AvgIpc) is 2.46. The Balaban J connectivity index is 2.36. The minimum absolute atomic E-state index is 0.0885. The summed E-state index contributed by atoms with van der Waals surface area (Å²) in [4.78, 5) is 10.5. The molecule has 1 fully saturated rings. The standard InChI is InChI=1S/C12H23NO2/c1-4-10-5-6-11(9(10)3)13-8(2)7-12(14)15/h8-11,13H,4-7H2,1-3H3,(H,14,15). The van der Waals surface area contributed by atoms with E-state index in [1.54, 1.807) is 0 Å². The monoisotopic (exact) mass is 213 g/mol. The Kier molecular flexibility index (Phi) is 4.58. The van der Waals surface area contributed by atoms with Crippen LogP contribution in [-0.2, 0) is 4.79 Å². The second kappa shape index (κ2) is 5.50. The zero-order valence-electron chi connectivity index (χ0n) is 9.99. The maximum atomic E-state index is 10.5. The quantitative estimate of drug-likeness (QED) is 0.736. The van der Waals surface area contributed by atoms with Gasteiger partial charge in [-0.05, 0) is 31.6 Å². The van der Waals surface area contributed by atoms with Gasteiger partial charge in [-0.25, -0.2) is 0 Å². The van der Waals surface area contributed by atoms with Crippen LogP contribution in [0.25, 0.3) is 0 Å². The Bertz CT molecular complexity index is 218. The number of carboxylic acids is 1. The maximum absolute atomic E-state index is 10.5. The molecule has 15 heavy (non-hydrogen) atoms. The third kappa shape index (κ3) is 3.49. The molecule has 3 nitrogen and oxygen atoms in total. The summed E-state index contributed by atoms with van der Waals surface area (Å²) in [6, 6.07) is 0.606. The van der Waals surface area contributed by atoms with Crippen LogP contribution in [0, 0.1) is 11.8 Å². The van der Waals surface area contributed by atoms with Gasteiger partial charge < -0.3 is 10.4 Å². The van der Waals surface area contributed by atoms with E-state index in [1.165, 1.54) is 19.3 Å². The van der Waals surface area contributed by atoms with Gasteiger partial charge in [-0.1, -0.05) is 20.3 Å². The van der Waals surface area contributed by atoms with Crippen molar-refractivity contribution in [1.29, 1.82) is 0 Å². The first-order valence-electron chi connectivity index (χ1n) is 6.02. The van der Waals surface area contributed by atoms with Gasteiger partial charge in [0.05, 0.1) is 6.42 Å². The Labute approximate surface area is 92.3 Å². The Morgan fingerprint density at radius 3 is 2.67 bits per heavy atom. The molecule has 0 aromatic carbocycles. The molecule has 88 valence electrons. The molecule has 0 aliphatic heterocycles. The van der Waals surface area contributed by atoms with E-state index < -0.39 is 5.97 Å². The number of nitrogens with one attached hydrogen (secondary N) is 1. The van der Waals surface area contributed by atoms with Crippen molar-refractivity contribution in [3.8, 4) is 0 Å².